The van der Waals surface area contributed by atoms with Gasteiger partial charge in [0, 0.05) is 12.1 Å². The van der Waals surface area contributed by atoms with Gasteiger partial charge in [-0.15, -0.1) is 0 Å². The number of fused-ring (bicyclic) bond motifs is 1. The van der Waals surface area contributed by atoms with Crippen molar-refractivity contribution in [2.75, 3.05) is 16.3 Å². The molecule has 1 aliphatic heterocycles. The summed E-state index contributed by atoms with van der Waals surface area (Å²) in [5.74, 6) is 0.998. The third-order valence-electron chi connectivity index (χ3n) is 6.03. The van der Waals surface area contributed by atoms with E-state index in [2.05, 4.69) is 0 Å². The summed E-state index contributed by atoms with van der Waals surface area (Å²) < 4.78 is 5.90. The lowest BCUT2D eigenvalue weighted by Crippen LogP contribution is -2.52. The van der Waals surface area contributed by atoms with E-state index in [1.54, 1.807) is 17.9 Å². The molecule has 1 aromatic heterocycles. The van der Waals surface area contributed by atoms with Gasteiger partial charge in [-0.2, -0.15) is 0 Å². The molecule has 0 radical (unpaired) electrons. The quantitative estimate of drug-likeness (QED) is 0.584. The van der Waals surface area contributed by atoms with Crippen LogP contribution < -0.4 is 9.80 Å². The molecule has 2 heterocycles. The predicted molar refractivity (Wildman–Crippen MR) is 121 cm³/mol. The number of nitrogens with zero attached hydrogens (tertiary/aromatic N) is 2. The van der Waals surface area contributed by atoms with E-state index in [0.29, 0.717) is 41.4 Å². The van der Waals surface area contributed by atoms with Crippen molar-refractivity contribution in [1.29, 1.82) is 0 Å². The summed E-state index contributed by atoms with van der Waals surface area (Å²) in [5.41, 5.74) is 4.54. The fourth-order valence-corrected chi connectivity index (χ4v) is 4.13. The minimum absolute atomic E-state index is 0.184. The molecule has 4 rings (SSSR count). The molecule has 0 fully saturated rings. The molecule has 0 spiro atoms. The Morgan fingerprint density at radius 1 is 1.03 bits per heavy atom. The minimum Gasteiger partial charge on any atom is -0.465 e. The Hall–Kier alpha value is -3.54. The molecule has 160 valence electrons. The zero-order valence-corrected chi connectivity index (χ0v) is 18.2. The van der Waals surface area contributed by atoms with Gasteiger partial charge in [-0.3, -0.25) is 9.69 Å². The summed E-state index contributed by atoms with van der Waals surface area (Å²) in [6, 6.07) is 14.9. The molecule has 0 saturated carbocycles. The van der Waals surface area contributed by atoms with Crippen LogP contribution in [0.5, 0.6) is 0 Å². The highest BCUT2D eigenvalue weighted by atomic mass is 16.4. The van der Waals surface area contributed by atoms with Crippen LogP contribution in [0, 0.1) is 20.8 Å². The highest BCUT2D eigenvalue weighted by Crippen LogP contribution is 2.40. The Labute approximate surface area is 181 Å². The topological polar surface area (TPSA) is 74.0 Å². The van der Waals surface area contributed by atoms with Crippen molar-refractivity contribution < 1.29 is 19.1 Å². The fourth-order valence-electron chi connectivity index (χ4n) is 4.13. The van der Waals surface area contributed by atoms with Gasteiger partial charge in [0.1, 0.15) is 11.5 Å². The second-order valence-electron chi connectivity index (χ2n) is 8.00. The number of rotatable bonds is 3. The van der Waals surface area contributed by atoms with Gasteiger partial charge in [0.25, 0.3) is 5.91 Å². The molecule has 6 nitrogen and oxygen atoms in total. The van der Waals surface area contributed by atoms with E-state index in [4.69, 9.17) is 4.42 Å². The summed E-state index contributed by atoms with van der Waals surface area (Å²) in [4.78, 5) is 28.8. The average molecular weight is 418 g/mol. The lowest BCUT2D eigenvalue weighted by molar-refractivity contribution is 0.0981. The molecular formula is C25H26N2O4. The molecule has 6 heteroatoms. The van der Waals surface area contributed by atoms with Crippen molar-refractivity contribution in [3.8, 4) is 11.3 Å². The Balaban J connectivity index is 1.80. The molecule has 1 unspecified atom stereocenters. The zero-order valence-electron chi connectivity index (χ0n) is 18.2. The zero-order chi connectivity index (χ0) is 22.3. The van der Waals surface area contributed by atoms with E-state index in [1.807, 2.05) is 63.2 Å². The number of anilines is 2. The maximum Gasteiger partial charge on any atom is 0.412 e. The number of carboxylic acid groups (broad SMARTS) is 1. The smallest absolute Gasteiger partial charge is 0.412 e. The standard InChI is InChI=1S/C25H26N2O4/c1-5-19-14-26(21-11-15(2)16(3)12-22(21)27(19)25(29)30)24(28)20-13-23(31-17(20)4)18-9-7-6-8-10-18/h6-13,19H,5,14H2,1-4H3,(H,29,30). The highest BCUT2D eigenvalue weighted by Gasteiger charge is 2.37. The van der Waals surface area contributed by atoms with E-state index in [0.717, 1.165) is 16.7 Å². The second-order valence-corrected chi connectivity index (χ2v) is 8.00. The molecule has 0 aliphatic carbocycles. The second kappa shape index (κ2) is 7.95. The number of aryl methyl sites for hydroxylation is 3. The Bertz CT molecular complexity index is 1150. The van der Waals surface area contributed by atoms with Crippen molar-refractivity contribution >= 4 is 23.4 Å². The lowest BCUT2D eigenvalue weighted by Gasteiger charge is -2.41. The van der Waals surface area contributed by atoms with Crippen LogP contribution in [0.3, 0.4) is 0 Å². The molecular weight excluding hydrogens is 392 g/mol. The van der Waals surface area contributed by atoms with Gasteiger partial charge in [-0.1, -0.05) is 37.3 Å². The Kier molecular flexibility index (Phi) is 5.31. The number of hydrogen-bond donors (Lipinski definition) is 1. The van der Waals surface area contributed by atoms with E-state index in [9.17, 15) is 14.7 Å². The molecule has 0 bridgehead atoms. The van der Waals surface area contributed by atoms with Crippen LogP contribution in [0.15, 0.2) is 52.9 Å². The Morgan fingerprint density at radius 2 is 1.68 bits per heavy atom. The SMILES string of the molecule is CCC1CN(C(=O)c2cc(-c3ccccc3)oc2C)c2cc(C)c(C)cc2N1C(=O)O. The van der Waals surface area contributed by atoms with Crippen molar-refractivity contribution in [1.82, 2.24) is 0 Å². The lowest BCUT2D eigenvalue weighted by atomic mass is 9.99. The first kappa shape index (κ1) is 20.7. The van der Waals surface area contributed by atoms with Crippen LogP contribution in [0.1, 0.15) is 40.6 Å². The maximum absolute atomic E-state index is 13.7. The summed E-state index contributed by atoms with van der Waals surface area (Å²) in [6.07, 6.45) is -0.406. The number of benzene rings is 2. The van der Waals surface area contributed by atoms with E-state index < -0.39 is 6.09 Å². The van der Waals surface area contributed by atoms with Crippen molar-refractivity contribution in [3.63, 3.8) is 0 Å². The monoisotopic (exact) mass is 418 g/mol. The average Bonchev–Trinajstić information content (AvgIpc) is 3.15. The summed E-state index contributed by atoms with van der Waals surface area (Å²) >= 11 is 0. The van der Waals surface area contributed by atoms with Gasteiger partial charge in [0.2, 0.25) is 0 Å². The molecule has 0 saturated heterocycles. The molecule has 31 heavy (non-hydrogen) atoms. The van der Waals surface area contributed by atoms with Crippen LogP contribution in [-0.4, -0.2) is 29.7 Å². The summed E-state index contributed by atoms with van der Waals surface area (Å²) in [5, 5.41) is 9.87. The number of hydrogen-bond acceptors (Lipinski definition) is 3. The van der Waals surface area contributed by atoms with Gasteiger partial charge < -0.3 is 14.4 Å². The van der Waals surface area contributed by atoms with Crippen LogP contribution in [0.2, 0.25) is 0 Å². The number of carbonyl (C=O) groups is 2. The van der Waals surface area contributed by atoms with Crippen LogP contribution in [0.25, 0.3) is 11.3 Å². The van der Waals surface area contributed by atoms with Crippen LogP contribution in [-0.2, 0) is 0 Å². The van der Waals surface area contributed by atoms with Gasteiger partial charge in [-0.25, -0.2) is 4.79 Å². The van der Waals surface area contributed by atoms with Crippen molar-refractivity contribution in [2.24, 2.45) is 0 Å². The molecule has 3 aromatic rings. The number of furan rings is 1. The molecule has 1 aliphatic rings. The van der Waals surface area contributed by atoms with Crippen LogP contribution in [0.4, 0.5) is 16.2 Å². The predicted octanol–water partition coefficient (Wildman–Crippen LogP) is 5.80. The molecule has 1 atom stereocenters. The largest absolute Gasteiger partial charge is 0.465 e. The highest BCUT2D eigenvalue weighted by molar-refractivity contribution is 6.11. The normalized spacial score (nSPS) is 15.7. The third kappa shape index (κ3) is 3.58. The summed E-state index contributed by atoms with van der Waals surface area (Å²) in [7, 11) is 0. The van der Waals surface area contributed by atoms with Crippen molar-refractivity contribution in [3.05, 3.63) is 71.0 Å². The number of carbonyl (C=O) groups excluding carboxylic acids is 1. The first-order valence-corrected chi connectivity index (χ1v) is 10.4. The number of amides is 2. The van der Waals surface area contributed by atoms with Gasteiger partial charge >= 0.3 is 6.09 Å². The maximum atomic E-state index is 13.7. The Morgan fingerprint density at radius 3 is 2.29 bits per heavy atom. The molecule has 1 N–H and O–H groups in total. The van der Waals surface area contributed by atoms with Gasteiger partial charge in [0.05, 0.1) is 23.0 Å². The minimum atomic E-state index is -1.01. The van der Waals surface area contributed by atoms with E-state index in [-0.39, 0.29) is 11.9 Å². The van der Waals surface area contributed by atoms with Crippen molar-refractivity contribution in [2.45, 2.75) is 40.2 Å². The third-order valence-corrected chi connectivity index (χ3v) is 6.03. The summed E-state index contributed by atoms with van der Waals surface area (Å²) in [6.45, 7) is 7.93. The van der Waals surface area contributed by atoms with Gasteiger partial charge in [0.15, 0.2) is 0 Å². The van der Waals surface area contributed by atoms with Gasteiger partial charge in [-0.05, 0) is 56.5 Å². The molecule has 2 amide bonds. The fraction of sp³-hybridized carbons (Fsp3) is 0.280. The first-order valence-electron chi connectivity index (χ1n) is 10.4. The first-order chi connectivity index (χ1) is 14.8. The van der Waals surface area contributed by atoms with E-state index in [1.165, 1.54) is 4.90 Å². The van der Waals surface area contributed by atoms with Crippen LogP contribution >= 0.6 is 0 Å². The van der Waals surface area contributed by atoms with E-state index >= 15 is 0 Å². The molecule has 2 aromatic carbocycles.